The van der Waals surface area contributed by atoms with Crippen LogP contribution in [-0.2, 0) is 21.5 Å². The van der Waals surface area contributed by atoms with Crippen molar-refractivity contribution in [3.05, 3.63) is 48.0 Å². The molecule has 218 valence electrons. The molecule has 5 rings (SSSR count). The lowest BCUT2D eigenvalue weighted by atomic mass is 9.58. The predicted octanol–water partition coefficient (Wildman–Crippen LogP) is 4.77. The van der Waals surface area contributed by atoms with Gasteiger partial charge >= 0.3 is 10.1 Å². The number of Topliss-reactive ketones (excluding diaryl/α,β-unsaturated/α-hetero) is 1. The van der Waals surface area contributed by atoms with E-state index in [4.69, 9.17) is 13.7 Å². The van der Waals surface area contributed by atoms with Gasteiger partial charge in [-0.3, -0.25) is 9.69 Å². The van der Waals surface area contributed by atoms with Gasteiger partial charge in [-0.1, -0.05) is 26.3 Å². The number of anilines is 1. The van der Waals surface area contributed by atoms with E-state index in [-0.39, 0.29) is 17.5 Å². The van der Waals surface area contributed by atoms with Crippen LogP contribution in [0.25, 0.3) is 0 Å². The van der Waals surface area contributed by atoms with E-state index in [0.29, 0.717) is 30.4 Å². The predicted molar refractivity (Wildman–Crippen MR) is 156 cm³/mol. The van der Waals surface area contributed by atoms with Crippen LogP contribution >= 0.6 is 0 Å². The minimum Gasteiger partial charge on any atom is -0.493 e. The SMILES string of the molecule is CCC[C@@]1(CS(=O)(=O)Oc2ccc(N3CCN(Cc4ccc(OC)c(OC)c4)CC3)cc2)C(=O)C[C@H]2CC(C)C21. The highest BCUT2D eigenvalue weighted by Crippen LogP contribution is 2.60. The van der Waals surface area contributed by atoms with Crippen molar-refractivity contribution in [3.8, 4) is 17.2 Å². The Bertz CT molecular complexity index is 1310. The second-order valence-corrected chi connectivity index (χ2v) is 13.3. The number of fused-ring (bicyclic) bond motifs is 1. The highest BCUT2D eigenvalue weighted by molar-refractivity contribution is 7.87. The third-order valence-electron chi connectivity index (χ3n) is 9.22. The number of ketones is 1. The van der Waals surface area contributed by atoms with Crippen molar-refractivity contribution in [2.24, 2.45) is 23.2 Å². The number of hydrogen-bond donors (Lipinski definition) is 0. The van der Waals surface area contributed by atoms with Crippen LogP contribution < -0.4 is 18.6 Å². The van der Waals surface area contributed by atoms with Gasteiger partial charge in [0.25, 0.3) is 0 Å². The zero-order valence-corrected chi connectivity index (χ0v) is 24.9. The summed E-state index contributed by atoms with van der Waals surface area (Å²) in [6.45, 7) is 8.56. The minimum absolute atomic E-state index is 0.112. The molecule has 0 bridgehead atoms. The molecule has 2 unspecified atom stereocenters. The summed E-state index contributed by atoms with van der Waals surface area (Å²) in [6, 6.07) is 13.3. The summed E-state index contributed by atoms with van der Waals surface area (Å²) in [5, 5.41) is 0. The van der Waals surface area contributed by atoms with Gasteiger partial charge in [0.15, 0.2) is 11.5 Å². The van der Waals surface area contributed by atoms with Crippen LogP contribution in [0.4, 0.5) is 5.69 Å². The maximum atomic E-state index is 13.2. The Hall–Kier alpha value is -2.78. The Morgan fingerprint density at radius 1 is 0.975 bits per heavy atom. The molecule has 0 N–H and O–H groups in total. The number of hydrogen-bond acceptors (Lipinski definition) is 8. The molecule has 2 aliphatic carbocycles. The van der Waals surface area contributed by atoms with Gasteiger partial charge in [0.2, 0.25) is 0 Å². The molecule has 8 nitrogen and oxygen atoms in total. The molecular formula is C31H42N2O6S. The lowest BCUT2D eigenvalue weighted by Crippen LogP contribution is -2.48. The number of carbonyl (C=O) groups is 1. The Morgan fingerprint density at radius 2 is 1.68 bits per heavy atom. The number of rotatable bonds is 11. The quantitative estimate of drug-likeness (QED) is 0.358. The van der Waals surface area contributed by atoms with Gasteiger partial charge in [-0.15, -0.1) is 0 Å². The fourth-order valence-electron chi connectivity index (χ4n) is 7.48. The molecule has 40 heavy (non-hydrogen) atoms. The van der Waals surface area contributed by atoms with Crippen molar-refractivity contribution in [1.29, 1.82) is 0 Å². The molecule has 1 aliphatic heterocycles. The van der Waals surface area contributed by atoms with Crippen molar-refractivity contribution < 1.29 is 26.9 Å². The monoisotopic (exact) mass is 570 g/mol. The van der Waals surface area contributed by atoms with E-state index in [2.05, 4.69) is 22.8 Å². The number of benzene rings is 2. The van der Waals surface area contributed by atoms with E-state index >= 15 is 0 Å². The van der Waals surface area contributed by atoms with Crippen LogP contribution in [0.5, 0.6) is 17.2 Å². The molecule has 2 saturated carbocycles. The van der Waals surface area contributed by atoms with E-state index in [0.717, 1.165) is 62.8 Å². The van der Waals surface area contributed by atoms with Crippen molar-refractivity contribution in [1.82, 2.24) is 4.90 Å². The first-order chi connectivity index (χ1) is 19.2. The number of carbonyl (C=O) groups excluding carboxylic acids is 1. The Kier molecular flexibility index (Phi) is 8.34. The van der Waals surface area contributed by atoms with Gasteiger partial charge in [-0.05, 0) is 72.6 Å². The molecular weight excluding hydrogens is 528 g/mol. The highest BCUT2D eigenvalue weighted by Gasteiger charge is 2.62. The second kappa shape index (κ2) is 11.6. The molecule has 9 heteroatoms. The number of piperazine rings is 1. The van der Waals surface area contributed by atoms with Crippen molar-refractivity contribution in [2.75, 3.05) is 51.1 Å². The third-order valence-corrected chi connectivity index (χ3v) is 10.5. The number of ether oxygens (including phenoxy) is 2. The largest absolute Gasteiger partial charge is 0.493 e. The summed E-state index contributed by atoms with van der Waals surface area (Å²) in [5.41, 5.74) is 1.41. The molecule has 2 aromatic carbocycles. The highest BCUT2D eigenvalue weighted by atomic mass is 32.2. The van der Waals surface area contributed by atoms with Crippen LogP contribution in [0, 0.1) is 23.2 Å². The first-order valence-electron chi connectivity index (χ1n) is 14.4. The van der Waals surface area contributed by atoms with Crippen molar-refractivity contribution in [3.63, 3.8) is 0 Å². The van der Waals surface area contributed by atoms with Gasteiger partial charge in [0.05, 0.1) is 20.0 Å². The van der Waals surface area contributed by atoms with Gasteiger partial charge in [-0.2, -0.15) is 8.42 Å². The Balaban J connectivity index is 1.17. The normalized spacial score (nSPS) is 26.8. The summed E-state index contributed by atoms with van der Waals surface area (Å²) in [5.74, 6) is 2.53. The standard InChI is InChI=1S/C31H42N2O6S/c1-5-12-31(29(34)19-24-17-22(2)30(24)31)21-40(35,36)39-26-9-7-25(8-10-26)33-15-13-32(14-16-33)20-23-6-11-27(37-3)28(18-23)38-4/h6-11,18,22,24,30H,5,12-17,19-21H2,1-4H3/t22?,24-,30?,31-/m1/s1. The van der Waals surface area contributed by atoms with Crippen molar-refractivity contribution >= 4 is 21.6 Å². The van der Waals surface area contributed by atoms with Gasteiger partial charge in [0.1, 0.15) is 11.5 Å². The Morgan fingerprint density at radius 3 is 2.30 bits per heavy atom. The molecule has 0 radical (unpaired) electrons. The zero-order valence-electron chi connectivity index (χ0n) is 24.1. The number of methoxy groups -OCH3 is 2. The smallest absolute Gasteiger partial charge is 0.310 e. The Labute approximate surface area is 238 Å². The fraction of sp³-hybridized carbons (Fsp3) is 0.581. The van der Waals surface area contributed by atoms with E-state index in [1.807, 2.05) is 31.2 Å². The fourth-order valence-corrected chi connectivity index (χ4v) is 9.07. The molecule has 2 aromatic rings. The number of nitrogens with zero attached hydrogens (tertiary/aromatic N) is 2. The maximum Gasteiger partial charge on any atom is 0.310 e. The van der Waals surface area contributed by atoms with E-state index < -0.39 is 15.5 Å². The van der Waals surface area contributed by atoms with E-state index in [9.17, 15) is 13.2 Å². The lowest BCUT2D eigenvalue weighted by Gasteiger charge is -2.46. The van der Waals surface area contributed by atoms with Crippen LogP contribution in [0.2, 0.25) is 0 Å². The summed E-state index contributed by atoms with van der Waals surface area (Å²) < 4.78 is 42.8. The van der Waals surface area contributed by atoms with Crippen molar-refractivity contribution in [2.45, 2.75) is 46.1 Å². The van der Waals surface area contributed by atoms with Gasteiger partial charge in [0, 0.05) is 50.2 Å². The summed E-state index contributed by atoms with van der Waals surface area (Å²) in [7, 11) is -0.634. The van der Waals surface area contributed by atoms with Crippen LogP contribution in [0.1, 0.15) is 45.1 Å². The second-order valence-electron chi connectivity index (χ2n) is 11.8. The molecule has 0 amide bonds. The molecule has 0 spiro atoms. The lowest BCUT2D eigenvalue weighted by molar-refractivity contribution is -0.127. The summed E-state index contributed by atoms with van der Waals surface area (Å²) in [4.78, 5) is 17.8. The molecule has 1 saturated heterocycles. The van der Waals surface area contributed by atoms with Gasteiger partial charge in [-0.25, -0.2) is 0 Å². The molecule has 3 aliphatic rings. The topological polar surface area (TPSA) is 85.4 Å². The van der Waals surface area contributed by atoms with E-state index in [1.165, 1.54) is 5.56 Å². The van der Waals surface area contributed by atoms with Crippen LogP contribution in [-0.4, -0.2) is 65.3 Å². The molecule has 3 fully saturated rings. The minimum atomic E-state index is -3.92. The summed E-state index contributed by atoms with van der Waals surface area (Å²) in [6.07, 6.45) is 2.93. The molecule has 1 heterocycles. The first kappa shape index (κ1) is 28.7. The molecule has 0 aromatic heterocycles. The summed E-state index contributed by atoms with van der Waals surface area (Å²) >= 11 is 0. The van der Waals surface area contributed by atoms with Crippen LogP contribution in [0.15, 0.2) is 42.5 Å². The molecule has 4 atom stereocenters. The van der Waals surface area contributed by atoms with Crippen LogP contribution in [0.3, 0.4) is 0 Å². The van der Waals surface area contributed by atoms with Gasteiger partial charge < -0.3 is 18.6 Å². The van der Waals surface area contributed by atoms with E-state index in [1.54, 1.807) is 26.4 Å². The third kappa shape index (κ3) is 5.68. The first-order valence-corrected chi connectivity index (χ1v) is 16.0. The average Bonchev–Trinajstić information content (AvgIpc) is 3.13. The maximum absolute atomic E-state index is 13.2. The zero-order chi connectivity index (χ0) is 28.5. The average molecular weight is 571 g/mol.